The van der Waals surface area contributed by atoms with Gasteiger partial charge in [-0.05, 0) is 24.7 Å². The highest BCUT2D eigenvalue weighted by Crippen LogP contribution is 2.36. The first kappa shape index (κ1) is 18.8. The van der Waals surface area contributed by atoms with E-state index in [1.54, 1.807) is 13.8 Å². The van der Waals surface area contributed by atoms with Gasteiger partial charge < -0.3 is 14.9 Å². The number of carboxylic acids is 1. The molecule has 0 saturated heterocycles. The summed E-state index contributed by atoms with van der Waals surface area (Å²) < 4.78 is 31.0. The zero-order valence-corrected chi connectivity index (χ0v) is 13.1. The van der Waals surface area contributed by atoms with Crippen molar-refractivity contribution in [1.29, 1.82) is 0 Å². The summed E-state index contributed by atoms with van der Waals surface area (Å²) in [6, 6.07) is 0. The zero-order valence-electron chi connectivity index (χ0n) is 13.1. The van der Waals surface area contributed by atoms with Crippen molar-refractivity contribution in [3.05, 3.63) is 0 Å². The van der Waals surface area contributed by atoms with Crippen LogP contribution in [-0.4, -0.2) is 40.3 Å². The van der Waals surface area contributed by atoms with Gasteiger partial charge in [-0.25, -0.2) is 18.4 Å². The molecule has 1 rings (SSSR count). The summed E-state index contributed by atoms with van der Waals surface area (Å²) in [6.45, 7) is 4.70. The van der Waals surface area contributed by atoms with E-state index in [2.05, 4.69) is 0 Å². The Kier molecular flexibility index (Phi) is 5.89. The highest BCUT2D eigenvalue weighted by Gasteiger charge is 2.52. The third kappa shape index (κ3) is 4.15. The Bertz CT molecular complexity index is 414. The lowest BCUT2D eigenvalue weighted by Gasteiger charge is -2.32. The molecular formula is C15H24F2O5. The van der Waals surface area contributed by atoms with Crippen LogP contribution in [0, 0.1) is 17.8 Å². The Balaban J connectivity index is 2.64. The Morgan fingerprint density at radius 2 is 1.77 bits per heavy atom. The number of carboxylic acid groups (broad SMARTS) is 1. The van der Waals surface area contributed by atoms with Crippen LogP contribution in [0.2, 0.25) is 0 Å². The molecule has 0 aromatic heterocycles. The number of hydrogen-bond acceptors (Lipinski definition) is 4. The smallest absolute Gasteiger partial charge is 0.350 e. The Morgan fingerprint density at radius 3 is 2.18 bits per heavy atom. The summed E-state index contributed by atoms with van der Waals surface area (Å²) in [5.41, 5.74) is -2.62. The zero-order chi connectivity index (χ0) is 17.1. The predicted octanol–water partition coefficient (Wildman–Crippen LogP) is 2.46. The number of ether oxygens (including phenoxy) is 1. The molecule has 0 aromatic rings. The quantitative estimate of drug-likeness (QED) is 0.580. The normalized spacial score (nSPS) is 22.9. The topological polar surface area (TPSA) is 83.8 Å². The number of aliphatic carboxylic acids is 1. The van der Waals surface area contributed by atoms with Crippen molar-refractivity contribution in [2.75, 3.05) is 6.61 Å². The van der Waals surface area contributed by atoms with Gasteiger partial charge in [0.05, 0.1) is 6.61 Å². The van der Waals surface area contributed by atoms with Crippen molar-refractivity contribution in [3.63, 3.8) is 0 Å². The molecule has 0 radical (unpaired) electrons. The summed E-state index contributed by atoms with van der Waals surface area (Å²) in [5.74, 6) is -6.87. The predicted molar refractivity (Wildman–Crippen MR) is 74.5 cm³/mol. The molecule has 1 aliphatic carbocycles. The fourth-order valence-corrected chi connectivity index (χ4v) is 2.52. The van der Waals surface area contributed by atoms with E-state index in [-0.39, 0.29) is 44.1 Å². The molecule has 5 nitrogen and oxygen atoms in total. The number of rotatable bonds is 6. The minimum absolute atomic E-state index is 0.144. The van der Waals surface area contributed by atoms with Gasteiger partial charge in [-0.1, -0.05) is 20.8 Å². The van der Waals surface area contributed by atoms with Crippen LogP contribution in [0.3, 0.4) is 0 Å². The van der Waals surface area contributed by atoms with Gasteiger partial charge in [0, 0.05) is 18.8 Å². The van der Waals surface area contributed by atoms with Crippen LogP contribution >= 0.6 is 0 Å². The molecule has 0 aliphatic heterocycles. The number of carbonyl (C=O) groups excluding carboxylic acids is 1. The second-order valence-corrected chi connectivity index (χ2v) is 6.50. The third-order valence-electron chi connectivity index (χ3n) is 4.58. The number of halogens is 2. The van der Waals surface area contributed by atoms with Crippen LogP contribution in [0.4, 0.5) is 8.78 Å². The number of carbonyl (C=O) groups is 2. The van der Waals surface area contributed by atoms with Gasteiger partial charge in [-0.2, -0.15) is 0 Å². The van der Waals surface area contributed by atoms with E-state index in [1.807, 2.05) is 0 Å². The van der Waals surface area contributed by atoms with E-state index in [0.717, 1.165) is 0 Å². The molecule has 7 heteroatoms. The average Bonchev–Trinajstić information content (AvgIpc) is 2.43. The number of aliphatic hydroxyl groups is 1. The van der Waals surface area contributed by atoms with Crippen molar-refractivity contribution in [1.82, 2.24) is 0 Å². The van der Waals surface area contributed by atoms with Crippen LogP contribution in [0.1, 0.15) is 46.5 Å². The summed E-state index contributed by atoms with van der Waals surface area (Å²) in [5, 5.41) is 19.4. The van der Waals surface area contributed by atoms with Crippen LogP contribution in [-0.2, 0) is 14.3 Å². The maximum atomic E-state index is 13.0. The van der Waals surface area contributed by atoms with E-state index in [0.29, 0.717) is 0 Å². The number of hydrogen-bond donors (Lipinski definition) is 2. The van der Waals surface area contributed by atoms with Crippen molar-refractivity contribution in [2.45, 2.75) is 58.0 Å². The molecule has 128 valence electrons. The van der Waals surface area contributed by atoms with Crippen LogP contribution in [0.25, 0.3) is 0 Å². The Hall–Kier alpha value is -1.24. The van der Waals surface area contributed by atoms with Crippen LogP contribution < -0.4 is 0 Å². The average molecular weight is 322 g/mol. The number of alkyl halides is 2. The van der Waals surface area contributed by atoms with E-state index < -0.39 is 29.4 Å². The van der Waals surface area contributed by atoms with Gasteiger partial charge in [0.2, 0.25) is 5.92 Å². The SMILES string of the molecule is CC(C)C(C)[C@@](O)(C(=O)O)C(=O)OCC1CCC(F)(F)CC1. The molecule has 0 bridgehead atoms. The molecule has 1 fully saturated rings. The van der Waals surface area contributed by atoms with Crippen LogP contribution in [0.5, 0.6) is 0 Å². The summed E-state index contributed by atoms with van der Waals surface area (Å²) in [4.78, 5) is 23.3. The van der Waals surface area contributed by atoms with Crippen LogP contribution in [0.15, 0.2) is 0 Å². The molecule has 1 saturated carbocycles. The number of esters is 1. The van der Waals surface area contributed by atoms with Gasteiger partial charge in [-0.3, -0.25) is 0 Å². The highest BCUT2D eigenvalue weighted by molar-refractivity contribution is 6.02. The second-order valence-electron chi connectivity index (χ2n) is 6.50. The van der Waals surface area contributed by atoms with E-state index in [1.165, 1.54) is 6.92 Å². The maximum Gasteiger partial charge on any atom is 0.350 e. The van der Waals surface area contributed by atoms with Gasteiger partial charge in [-0.15, -0.1) is 0 Å². The highest BCUT2D eigenvalue weighted by atomic mass is 19.3. The monoisotopic (exact) mass is 322 g/mol. The molecule has 1 unspecified atom stereocenters. The lowest BCUT2D eigenvalue weighted by Crippen LogP contribution is -2.54. The largest absolute Gasteiger partial charge is 0.479 e. The molecule has 2 atom stereocenters. The Labute approximate surface area is 128 Å². The summed E-state index contributed by atoms with van der Waals surface area (Å²) in [6.07, 6.45) is -0.0986. The molecule has 0 spiro atoms. The first-order chi connectivity index (χ1) is 10.0. The van der Waals surface area contributed by atoms with E-state index in [9.17, 15) is 28.6 Å². The Morgan fingerprint density at radius 1 is 1.27 bits per heavy atom. The van der Waals surface area contributed by atoms with Gasteiger partial charge in [0.1, 0.15) is 0 Å². The molecule has 1 aliphatic rings. The minimum Gasteiger partial charge on any atom is -0.479 e. The lowest BCUT2D eigenvalue weighted by atomic mass is 9.81. The first-order valence-electron chi connectivity index (χ1n) is 7.51. The summed E-state index contributed by atoms with van der Waals surface area (Å²) in [7, 11) is 0. The fraction of sp³-hybridized carbons (Fsp3) is 0.867. The fourth-order valence-electron chi connectivity index (χ4n) is 2.52. The van der Waals surface area contributed by atoms with Crippen molar-refractivity contribution in [3.8, 4) is 0 Å². The third-order valence-corrected chi connectivity index (χ3v) is 4.58. The minimum atomic E-state index is -2.67. The molecule has 2 N–H and O–H groups in total. The van der Waals surface area contributed by atoms with Gasteiger partial charge >= 0.3 is 11.9 Å². The van der Waals surface area contributed by atoms with Crippen molar-refractivity contribution in [2.24, 2.45) is 17.8 Å². The van der Waals surface area contributed by atoms with Gasteiger partial charge in [0.15, 0.2) is 0 Å². The molecule has 0 aromatic carbocycles. The second kappa shape index (κ2) is 6.89. The summed E-state index contributed by atoms with van der Waals surface area (Å²) >= 11 is 0. The maximum absolute atomic E-state index is 13.0. The molecule has 0 amide bonds. The molecular weight excluding hydrogens is 298 g/mol. The first-order valence-corrected chi connectivity index (χ1v) is 7.51. The van der Waals surface area contributed by atoms with Crippen molar-refractivity contribution >= 4 is 11.9 Å². The standard InChI is InChI=1S/C15H24F2O5/c1-9(2)10(3)15(21,12(18)19)13(20)22-8-11-4-6-14(16,17)7-5-11/h9-11,21H,4-8H2,1-3H3,(H,18,19)/t10?,15-/m1/s1. The van der Waals surface area contributed by atoms with E-state index in [4.69, 9.17) is 4.74 Å². The van der Waals surface area contributed by atoms with Crippen molar-refractivity contribution < 1.29 is 33.3 Å². The molecule has 22 heavy (non-hydrogen) atoms. The lowest BCUT2D eigenvalue weighted by molar-refractivity contribution is -0.189. The molecule has 0 heterocycles. The van der Waals surface area contributed by atoms with Gasteiger partial charge in [0.25, 0.3) is 5.60 Å². The van der Waals surface area contributed by atoms with E-state index >= 15 is 0 Å².